The van der Waals surface area contributed by atoms with Crippen molar-refractivity contribution < 1.29 is 4.79 Å². The Morgan fingerprint density at radius 2 is 1.84 bits per heavy atom. The van der Waals surface area contributed by atoms with Gasteiger partial charge in [0.2, 0.25) is 0 Å². The van der Waals surface area contributed by atoms with Crippen LogP contribution in [-0.2, 0) is 0 Å². The zero-order valence-corrected chi connectivity index (χ0v) is 10.7. The highest BCUT2D eigenvalue weighted by Gasteiger charge is 2.09. The van der Waals surface area contributed by atoms with Crippen LogP contribution in [0.1, 0.15) is 10.5 Å². The number of aromatic nitrogens is 1. The number of H-pyrrole nitrogens is 1. The molecule has 0 saturated heterocycles. The minimum Gasteiger partial charge on any atom is -0.350 e. The summed E-state index contributed by atoms with van der Waals surface area (Å²) in [6, 6.07) is 16.6. The second-order valence-electron chi connectivity index (χ2n) is 4.23. The van der Waals surface area contributed by atoms with Crippen molar-refractivity contribution >= 4 is 34.1 Å². The number of anilines is 1. The molecule has 0 spiro atoms. The molecule has 3 nitrogen and oxygen atoms in total. The van der Waals surface area contributed by atoms with Gasteiger partial charge in [-0.3, -0.25) is 4.79 Å². The molecule has 3 aromatic rings. The molecular formula is C15H11ClN2O. The molecule has 0 fully saturated rings. The van der Waals surface area contributed by atoms with Gasteiger partial charge in [-0.25, -0.2) is 0 Å². The summed E-state index contributed by atoms with van der Waals surface area (Å²) in [5, 5.41) is 4.43. The van der Waals surface area contributed by atoms with Gasteiger partial charge in [-0.1, -0.05) is 35.9 Å². The zero-order chi connectivity index (χ0) is 13.2. The summed E-state index contributed by atoms with van der Waals surface area (Å²) >= 11 is 5.92. The average Bonchev–Trinajstić information content (AvgIpc) is 2.83. The Morgan fingerprint density at radius 3 is 2.63 bits per heavy atom. The Morgan fingerprint density at radius 1 is 1.05 bits per heavy atom. The smallest absolute Gasteiger partial charge is 0.272 e. The summed E-state index contributed by atoms with van der Waals surface area (Å²) in [7, 11) is 0. The number of amides is 1. The van der Waals surface area contributed by atoms with Crippen molar-refractivity contribution in [3.8, 4) is 0 Å². The van der Waals surface area contributed by atoms with Crippen LogP contribution in [0.15, 0.2) is 54.6 Å². The predicted molar refractivity (Wildman–Crippen MR) is 77.7 cm³/mol. The van der Waals surface area contributed by atoms with Gasteiger partial charge < -0.3 is 10.3 Å². The summed E-state index contributed by atoms with van der Waals surface area (Å²) in [6.07, 6.45) is 0. The molecule has 0 unspecified atom stereocenters. The van der Waals surface area contributed by atoms with Crippen LogP contribution in [-0.4, -0.2) is 10.9 Å². The standard InChI is InChI=1S/C15H11ClN2O/c16-11-7-6-10-8-14(18-13(10)9-11)15(19)17-12-4-2-1-3-5-12/h1-9,18H,(H,17,19). The van der Waals surface area contributed by atoms with E-state index in [1.165, 1.54) is 0 Å². The number of halogens is 1. The summed E-state index contributed by atoms with van der Waals surface area (Å²) in [6.45, 7) is 0. The molecule has 4 heteroatoms. The van der Waals surface area contributed by atoms with Crippen molar-refractivity contribution in [3.63, 3.8) is 0 Å². The van der Waals surface area contributed by atoms with Crippen LogP contribution in [0.3, 0.4) is 0 Å². The normalized spacial score (nSPS) is 10.6. The number of hydrogen-bond donors (Lipinski definition) is 2. The second kappa shape index (κ2) is 4.78. The summed E-state index contributed by atoms with van der Waals surface area (Å²) in [5.74, 6) is -0.168. The van der Waals surface area contributed by atoms with E-state index in [9.17, 15) is 4.79 Å². The maximum atomic E-state index is 12.1. The van der Waals surface area contributed by atoms with Crippen molar-refractivity contribution in [2.45, 2.75) is 0 Å². The molecule has 1 amide bonds. The van der Waals surface area contributed by atoms with Crippen LogP contribution in [0.5, 0.6) is 0 Å². The van der Waals surface area contributed by atoms with Crippen LogP contribution in [0, 0.1) is 0 Å². The molecule has 19 heavy (non-hydrogen) atoms. The maximum absolute atomic E-state index is 12.1. The second-order valence-corrected chi connectivity index (χ2v) is 4.67. The van der Waals surface area contributed by atoms with E-state index < -0.39 is 0 Å². The van der Waals surface area contributed by atoms with E-state index in [2.05, 4.69) is 10.3 Å². The molecule has 1 aromatic heterocycles. The molecule has 0 radical (unpaired) electrons. The lowest BCUT2D eigenvalue weighted by Gasteiger charge is -2.02. The topological polar surface area (TPSA) is 44.9 Å². The molecule has 2 aromatic carbocycles. The lowest BCUT2D eigenvalue weighted by Crippen LogP contribution is -2.11. The number of benzene rings is 2. The lowest BCUT2D eigenvalue weighted by atomic mass is 10.2. The Hall–Kier alpha value is -2.26. The number of nitrogens with one attached hydrogen (secondary N) is 2. The highest BCUT2D eigenvalue weighted by atomic mass is 35.5. The highest BCUT2D eigenvalue weighted by Crippen LogP contribution is 2.20. The fourth-order valence-corrected chi connectivity index (χ4v) is 2.11. The fraction of sp³-hybridized carbons (Fsp3) is 0. The van der Waals surface area contributed by atoms with E-state index in [4.69, 9.17) is 11.6 Å². The molecular weight excluding hydrogens is 260 g/mol. The summed E-state index contributed by atoms with van der Waals surface area (Å²) < 4.78 is 0. The molecule has 1 heterocycles. The molecule has 0 atom stereocenters. The minimum atomic E-state index is -0.168. The number of para-hydroxylation sites is 1. The first-order valence-corrected chi connectivity index (χ1v) is 6.25. The summed E-state index contributed by atoms with van der Waals surface area (Å²) in [5.41, 5.74) is 2.14. The fourth-order valence-electron chi connectivity index (χ4n) is 1.94. The first-order valence-electron chi connectivity index (χ1n) is 5.87. The molecule has 0 bridgehead atoms. The largest absolute Gasteiger partial charge is 0.350 e. The Labute approximate surface area is 115 Å². The van der Waals surface area contributed by atoms with Gasteiger partial charge in [0, 0.05) is 21.6 Å². The van der Waals surface area contributed by atoms with E-state index in [0.717, 1.165) is 16.6 Å². The van der Waals surface area contributed by atoms with Crippen LogP contribution in [0.4, 0.5) is 5.69 Å². The van der Waals surface area contributed by atoms with Crippen LogP contribution >= 0.6 is 11.6 Å². The van der Waals surface area contributed by atoms with Crippen LogP contribution in [0.25, 0.3) is 10.9 Å². The Kier molecular flexibility index (Phi) is 2.97. The van der Waals surface area contributed by atoms with Gasteiger partial charge in [0.15, 0.2) is 0 Å². The van der Waals surface area contributed by atoms with E-state index in [-0.39, 0.29) is 5.91 Å². The Bertz CT molecular complexity index is 734. The lowest BCUT2D eigenvalue weighted by molar-refractivity contribution is 0.102. The molecule has 94 valence electrons. The van der Waals surface area contributed by atoms with E-state index >= 15 is 0 Å². The highest BCUT2D eigenvalue weighted by molar-refractivity contribution is 6.31. The SMILES string of the molecule is O=C(Nc1ccccc1)c1cc2ccc(Cl)cc2[nH]1. The molecule has 2 N–H and O–H groups in total. The van der Waals surface area contributed by atoms with Crippen molar-refractivity contribution in [1.82, 2.24) is 4.98 Å². The zero-order valence-electron chi connectivity index (χ0n) is 9.98. The monoisotopic (exact) mass is 270 g/mol. The van der Waals surface area contributed by atoms with Gasteiger partial charge in [-0.15, -0.1) is 0 Å². The van der Waals surface area contributed by atoms with Gasteiger partial charge in [0.05, 0.1) is 0 Å². The molecule has 0 aliphatic carbocycles. The van der Waals surface area contributed by atoms with Crippen LogP contribution in [0.2, 0.25) is 5.02 Å². The van der Waals surface area contributed by atoms with Crippen molar-refractivity contribution in [2.24, 2.45) is 0 Å². The first kappa shape index (κ1) is 11.8. The van der Waals surface area contributed by atoms with Gasteiger partial charge in [-0.2, -0.15) is 0 Å². The number of carbonyl (C=O) groups excluding carboxylic acids is 1. The van der Waals surface area contributed by atoms with E-state index in [1.807, 2.05) is 42.5 Å². The van der Waals surface area contributed by atoms with Crippen molar-refractivity contribution in [2.75, 3.05) is 5.32 Å². The third-order valence-electron chi connectivity index (χ3n) is 2.86. The van der Waals surface area contributed by atoms with Gasteiger partial charge in [-0.05, 0) is 30.3 Å². The van der Waals surface area contributed by atoms with Crippen LogP contribution < -0.4 is 5.32 Å². The summed E-state index contributed by atoms with van der Waals surface area (Å²) in [4.78, 5) is 15.2. The van der Waals surface area contributed by atoms with Crippen molar-refractivity contribution in [3.05, 3.63) is 65.3 Å². The van der Waals surface area contributed by atoms with Gasteiger partial charge in [0.25, 0.3) is 5.91 Å². The molecule has 0 aliphatic heterocycles. The number of hydrogen-bond acceptors (Lipinski definition) is 1. The number of carbonyl (C=O) groups is 1. The molecule has 3 rings (SSSR count). The van der Waals surface area contributed by atoms with Gasteiger partial charge in [0.1, 0.15) is 5.69 Å². The predicted octanol–water partition coefficient (Wildman–Crippen LogP) is 4.07. The van der Waals surface area contributed by atoms with Crippen molar-refractivity contribution in [1.29, 1.82) is 0 Å². The van der Waals surface area contributed by atoms with E-state index in [0.29, 0.717) is 10.7 Å². The Balaban J connectivity index is 1.89. The van der Waals surface area contributed by atoms with Gasteiger partial charge >= 0.3 is 0 Å². The molecule has 0 aliphatic rings. The number of aromatic amines is 1. The number of fused-ring (bicyclic) bond motifs is 1. The third-order valence-corrected chi connectivity index (χ3v) is 3.10. The molecule has 0 saturated carbocycles. The minimum absolute atomic E-state index is 0.168. The average molecular weight is 271 g/mol. The maximum Gasteiger partial charge on any atom is 0.272 e. The third kappa shape index (κ3) is 2.46. The first-order chi connectivity index (χ1) is 9.22. The quantitative estimate of drug-likeness (QED) is 0.724. The van der Waals surface area contributed by atoms with E-state index in [1.54, 1.807) is 12.1 Å². The number of rotatable bonds is 2.